The topological polar surface area (TPSA) is 88.6 Å². The Hall–Kier alpha value is -3.94. The molecule has 0 unspecified atom stereocenters. The lowest BCUT2D eigenvalue weighted by Crippen LogP contribution is -2.37. The smallest absolute Gasteiger partial charge is 0.322 e. The maximum atomic E-state index is 12.6. The minimum atomic E-state index is -0.0943. The SMILES string of the molecule is Cc1ccc(NC(=O)N2CC=C(c3cnc(CCc4ccco4)n4cnnc34)CC2)cc1. The van der Waals surface area contributed by atoms with Crippen molar-refractivity contribution in [2.45, 2.75) is 26.2 Å². The number of amides is 2. The molecule has 1 N–H and O–H groups in total. The van der Waals surface area contributed by atoms with Gasteiger partial charge in [0.1, 0.15) is 17.9 Å². The molecule has 1 aliphatic heterocycles. The third-order valence-electron chi connectivity index (χ3n) is 5.73. The fraction of sp³-hybridized carbons (Fsp3) is 0.250. The van der Waals surface area contributed by atoms with E-state index in [1.165, 1.54) is 0 Å². The summed E-state index contributed by atoms with van der Waals surface area (Å²) in [4.78, 5) is 19.1. The van der Waals surface area contributed by atoms with Crippen LogP contribution in [0.5, 0.6) is 0 Å². The van der Waals surface area contributed by atoms with Crippen molar-refractivity contribution in [1.29, 1.82) is 0 Å². The van der Waals surface area contributed by atoms with Gasteiger partial charge < -0.3 is 14.6 Å². The van der Waals surface area contributed by atoms with Crippen LogP contribution in [0.15, 0.2) is 65.7 Å². The van der Waals surface area contributed by atoms with E-state index in [1.54, 1.807) is 17.5 Å². The summed E-state index contributed by atoms with van der Waals surface area (Å²) in [6.45, 7) is 3.19. The molecule has 0 saturated heterocycles. The number of furan rings is 1. The molecule has 4 aromatic rings. The number of benzene rings is 1. The number of anilines is 1. The van der Waals surface area contributed by atoms with Crippen molar-refractivity contribution in [3.8, 4) is 0 Å². The van der Waals surface area contributed by atoms with Crippen LogP contribution in [0.2, 0.25) is 0 Å². The second kappa shape index (κ2) is 8.66. The van der Waals surface area contributed by atoms with Crippen molar-refractivity contribution in [2.24, 2.45) is 0 Å². The Labute approximate surface area is 185 Å². The number of fused-ring (bicyclic) bond motifs is 1. The molecule has 32 heavy (non-hydrogen) atoms. The lowest BCUT2D eigenvalue weighted by atomic mass is 10.0. The van der Waals surface area contributed by atoms with Crippen molar-refractivity contribution in [2.75, 3.05) is 18.4 Å². The summed E-state index contributed by atoms with van der Waals surface area (Å²) < 4.78 is 7.37. The van der Waals surface area contributed by atoms with Gasteiger partial charge in [0.2, 0.25) is 0 Å². The van der Waals surface area contributed by atoms with Gasteiger partial charge in [-0.2, -0.15) is 0 Å². The highest BCUT2D eigenvalue weighted by molar-refractivity contribution is 5.90. The molecule has 0 spiro atoms. The molecule has 0 fully saturated rings. The summed E-state index contributed by atoms with van der Waals surface area (Å²) in [6, 6.07) is 11.6. The molecule has 0 bridgehead atoms. The summed E-state index contributed by atoms with van der Waals surface area (Å²) in [7, 11) is 0. The van der Waals surface area contributed by atoms with Crippen molar-refractivity contribution in [3.05, 3.63) is 84.0 Å². The molecule has 3 aromatic heterocycles. The molecule has 1 aromatic carbocycles. The molecule has 0 aliphatic carbocycles. The largest absolute Gasteiger partial charge is 0.469 e. The maximum Gasteiger partial charge on any atom is 0.322 e. The standard InChI is InChI=1S/C24H24N6O2/c1-17-4-6-19(7-5-17)27-24(31)29-12-10-18(11-13-29)21-15-25-22(30-16-26-28-23(21)30)9-8-20-3-2-14-32-20/h2-7,10,14-16H,8-9,11-13H2,1H3,(H,27,31). The molecule has 8 nitrogen and oxygen atoms in total. The average Bonchev–Trinajstić information content (AvgIpc) is 3.51. The number of nitrogens with zero attached hydrogens (tertiary/aromatic N) is 5. The van der Waals surface area contributed by atoms with E-state index in [0.717, 1.165) is 58.9 Å². The minimum Gasteiger partial charge on any atom is -0.469 e. The average molecular weight is 428 g/mol. The molecular weight excluding hydrogens is 404 g/mol. The number of aryl methyl sites for hydroxylation is 3. The molecular formula is C24H24N6O2. The summed E-state index contributed by atoms with van der Waals surface area (Å²) in [5.74, 6) is 1.82. The number of urea groups is 1. The summed E-state index contributed by atoms with van der Waals surface area (Å²) in [5, 5.41) is 11.4. The first-order valence-electron chi connectivity index (χ1n) is 10.7. The molecule has 5 rings (SSSR count). The van der Waals surface area contributed by atoms with Crippen LogP contribution in [-0.2, 0) is 12.8 Å². The van der Waals surface area contributed by atoms with Gasteiger partial charge in [0, 0.05) is 43.4 Å². The highest BCUT2D eigenvalue weighted by Crippen LogP contribution is 2.26. The van der Waals surface area contributed by atoms with Gasteiger partial charge in [-0.05, 0) is 43.2 Å². The number of aromatic nitrogens is 4. The zero-order chi connectivity index (χ0) is 21.9. The van der Waals surface area contributed by atoms with Gasteiger partial charge in [-0.3, -0.25) is 4.40 Å². The fourth-order valence-corrected chi connectivity index (χ4v) is 3.91. The third-order valence-corrected chi connectivity index (χ3v) is 5.73. The first kappa shape index (κ1) is 20.0. The zero-order valence-corrected chi connectivity index (χ0v) is 17.9. The lowest BCUT2D eigenvalue weighted by Gasteiger charge is -2.27. The Morgan fingerprint density at radius 2 is 2.06 bits per heavy atom. The third kappa shape index (κ3) is 4.12. The predicted molar refractivity (Wildman–Crippen MR) is 121 cm³/mol. The molecule has 0 atom stereocenters. The van der Waals surface area contributed by atoms with Gasteiger partial charge in [-0.1, -0.05) is 23.8 Å². The van der Waals surface area contributed by atoms with Crippen molar-refractivity contribution < 1.29 is 9.21 Å². The Morgan fingerprint density at radius 3 is 2.81 bits per heavy atom. The van der Waals surface area contributed by atoms with E-state index < -0.39 is 0 Å². The van der Waals surface area contributed by atoms with Crippen LogP contribution >= 0.6 is 0 Å². The monoisotopic (exact) mass is 428 g/mol. The zero-order valence-electron chi connectivity index (χ0n) is 17.9. The number of hydrogen-bond acceptors (Lipinski definition) is 5. The van der Waals surface area contributed by atoms with E-state index in [2.05, 4.69) is 26.6 Å². The van der Waals surface area contributed by atoms with E-state index >= 15 is 0 Å². The van der Waals surface area contributed by atoms with Gasteiger partial charge in [0.05, 0.1) is 6.26 Å². The molecule has 2 amide bonds. The minimum absolute atomic E-state index is 0.0943. The number of rotatable bonds is 5. The van der Waals surface area contributed by atoms with Crippen molar-refractivity contribution in [3.63, 3.8) is 0 Å². The molecule has 0 saturated carbocycles. The van der Waals surface area contributed by atoms with Crippen molar-refractivity contribution >= 4 is 22.9 Å². The molecule has 0 radical (unpaired) electrons. The number of carbonyl (C=O) groups excluding carboxylic acids is 1. The lowest BCUT2D eigenvalue weighted by molar-refractivity contribution is 0.217. The normalized spacial score (nSPS) is 13.9. The summed E-state index contributed by atoms with van der Waals surface area (Å²) in [5.41, 5.74) is 4.84. The second-order valence-electron chi connectivity index (χ2n) is 7.91. The van der Waals surface area contributed by atoms with Crippen LogP contribution in [0.3, 0.4) is 0 Å². The van der Waals surface area contributed by atoms with Crippen LogP contribution in [0.1, 0.15) is 29.1 Å². The first-order chi connectivity index (χ1) is 15.7. The Morgan fingerprint density at radius 1 is 1.19 bits per heavy atom. The maximum absolute atomic E-state index is 12.6. The van der Waals surface area contributed by atoms with E-state index in [0.29, 0.717) is 13.1 Å². The highest BCUT2D eigenvalue weighted by Gasteiger charge is 2.21. The number of nitrogens with one attached hydrogen (secondary N) is 1. The molecule has 8 heteroatoms. The van der Waals surface area contributed by atoms with E-state index in [9.17, 15) is 4.79 Å². The van der Waals surface area contributed by atoms with Gasteiger partial charge in [0.15, 0.2) is 5.65 Å². The quantitative estimate of drug-likeness (QED) is 0.516. The van der Waals surface area contributed by atoms with E-state index in [1.807, 2.05) is 53.9 Å². The van der Waals surface area contributed by atoms with Crippen LogP contribution in [0.25, 0.3) is 11.2 Å². The van der Waals surface area contributed by atoms with Crippen LogP contribution in [0.4, 0.5) is 10.5 Å². The van der Waals surface area contributed by atoms with Gasteiger partial charge in [-0.15, -0.1) is 10.2 Å². The van der Waals surface area contributed by atoms with Crippen LogP contribution in [0, 0.1) is 6.92 Å². The fourth-order valence-electron chi connectivity index (χ4n) is 3.91. The second-order valence-corrected chi connectivity index (χ2v) is 7.91. The van der Waals surface area contributed by atoms with E-state index in [4.69, 9.17) is 4.42 Å². The Bertz CT molecular complexity index is 1260. The first-order valence-corrected chi connectivity index (χ1v) is 10.7. The Balaban J connectivity index is 1.29. The molecule has 162 valence electrons. The summed E-state index contributed by atoms with van der Waals surface area (Å²) in [6.07, 6.45) is 9.56. The Kier molecular flexibility index (Phi) is 5.41. The van der Waals surface area contributed by atoms with Gasteiger partial charge in [0.25, 0.3) is 0 Å². The predicted octanol–water partition coefficient (Wildman–Crippen LogP) is 4.13. The number of carbonyl (C=O) groups is 1. The van der Waals surface area contributed by atoms with E-state index in [-0.39, 0.29) is 6.03 Å². The molecule has 4 heterocycles. The van der Waals surface area contributed by atoms with Crippen LogP contribution < -0.4 is 5.32 Å². The highest BCUT2D eigenvalue weighted by atomic mass is 16.3. The summed E-state index contributed by atoms with van der Waals surface area (Å²) >= 11 is 0. The van der Waals surface area contributed by atoms with Gasteiger partial charge in [-0.25, -0.2) is 9.78 Å². The van der Waals surface area contributed by atoms with Crippen LogP contribution in [-0.4, -0.2) is 43.6 Å². The number of hydrogen-bond donors (Lipinski definition) is 1. The van der Waals surface area contributed by atoms with Crippen molar-refractivity contribution in [1.82, 2.24) is 24.5 Å². The molecule has 1 aliphatic rings. The van der Waals surface area contributed by atoms with Gasteiger partial charge >= 0.3 is 6.03 Å².